The molecule has 2 aliphatic rings. The van der Waals surface area contributed by atoms with Crippen molar-refractivity contribution in [2.75, 3.05) is 53.0 Å². The zero-order chi connectivity index (χ0) is 18.6. The van der Waals surface area contributed by atoms with Gasteiger partial charge in [0.25, 0.3) is 0 Å². The van der Waals surface area contributed by atoms with Crippen LogP contribution in [0.15, 0.2) is 24.3 Å². The third-order valence-corrected chi connectivity index (χ3v) is 5.72. The van der Waals surface area contributed by atoms with E-state index in [1.165, 1.54) is 12.8 Å². The Hall–Kier alpha value is -2.12. The van der Waals surface area contributed by atoms with Gasteiger partial charge in [0, 0.05) is 39.8 Å². The molecule has 0 unspecified atom stereocenters. The molecule has 2 aliphatic heterocycles. The van der Waals surface area contributed by atoms with E-state index < -0.39 is 0 Å². The highest BCUT2D eigenvalue weighted by molar-refractivity contribution is 5.76. The summed E-state index contributed by atoms with van der Waals surface area (Å²) in [5.41, 5.74) is 2.05. The molecule has 0 aliphatic carbocycles. The standard InChI is InChI=1S/C20H29N5O2/c1-27-10-9-24-8-4-5-15(12-24)11-21-20(26)25-13-16(14-25)19-22-17-6-2-3-7-18(17)23-19/h2-3,6-7,15-16H,4-5,8-14H2,1H3,(H,21,26)(H,22,23)/t15-/m1/s1. The zero-order valence-electron chi connectivity index (χ0n) is 16.0. The second kappa shape index (κ2) is 8.27. The highest BCUT2D eigenvalue weighted by atomic mass is 16.5. The second-order valence-corrected chi connectivity index (χ2v) is 7.73. The molecule has 1 atom stereocenters. The molecule has 2 amide bonds. The van der Waals surface area contributed by atoms with Gasteiger partial charge in [-0.3, -0.25) is 0 Å². The van der Waals surface area contributed by atoms with E-state index >= 15 is 0 Å². The number of methoxy groups -OCH3 is 1. The van der Waals surface area contributed by atoms with Gasteiger partial charge in [0.15, 0.2) is 0 Å². The fourth-order valence-corrected chi connectivity index (χ4v) is 4.07. The molecule has 2 N–H and O–H groups in total. The van der Waals surface area contributed by atoms with Crippen molar-refractivity contribution in [1.82, 2.24) is 25.1 Å². The number of para-hydroxylation sites is 2. The average molecular weight is 371 g/mol. The highest BCUT2D eigenvalue weighted by Crippen LogP contribution is 2.26. The van der Waals surface area contributed by atoms with Crippen molar-refractivity contribution >= 4 is 17.1 Å². The first-order valence-electron chi connectivity index (χ1n) is 9.91. The quantitative estimate of drug-likeness (QED) is 0.815. The summed E-state index contributed by atoms with van der Waals surface area (Å²) >= 11 is 0. The van der Waals surface area contributed by atoms with Gasteiger partial charge in [-0.25, -0.2) is 9.78 Å². The number of aromatic amines is 1. The number of nitrogens with one attached hydrogen (secondary N) is 2. The lowest BCUT2D eigenvalue weighted by molar-refractivity contribution is 0.111. The Kier molecular flexibility index (Phi) is 5.59. The third kappa shape index (κ3) is 4.25. The van der Waals surface area contributed by atoms with Crippen molar-refractivity contribution < 1.29 is 9.53 Å². The van der Waals surface area contributed by atoms with Gasteiger partial charge in [-0.05, 0) is 37.4 Å². The summed E-state index contributed by atoms with van der Waals surface area (Å²) in [7, 11) is 1.74. The van der Waals surface area contributed by atoms with E-state index in [0.29, 0.717) is 11.8 Å². The molecule has 2 aromatic rings. The molecule has 27 heavy (non-hydrogen) atoms. The summed E-state index contributed by atoms with van der Waals surface area (Å²) < 4.78 is 5.17. The van der Waals surface area contributed by atoms with Crippen molar-refractivity contribution in [2.45, 2.75) is 18.8 Å². The maximum Gasteiger partial charge on any atom is 0.317 e. The topological polar surface area (TPSA) is 73.5 Å². The molecule has 2 saturated heterocycles. The minimum Gasteiger partial charge on any atom is -0.383 e. The van der Waals surface area contributed by atoms with Gasteiger partial charge in [-0.2, -0.15) is 0 Å². The van der Waals surface area contributed by atoms with Gasteiger partial charge in [0.05, 0.1) is 23.6 Å². The Morgan fingerprint density at radius 2 is 2.19 bits per heavy atom. The Labute approximate surface area is 160 Å². The summed E-state index contributed by atoms with van der Waals surface area (Å²) in [6, 6.07) is 8.10. The smallest absolute Gasteiger partial charge is 0.317 e. The maximum atomic E-state index is 12.4. The predicted octanol–water partition coefficient (Wildman–Crippen LogP) is 2.03. The van der Waals surface area contributed by atoms with Crippen LogP contribution < -0.4 is 5.32 Å². The lowest BCUT2D eigenvalue weighted by Gasteiger charge is -2.39. The molecule has 146 valence electrons. The number of fused-ring (bicyclic) bond motifs is 1. The first-order valence-corrected chi connectivity index (χ1v) is 9.91. The SMILES string of the molecule is COCCN1CCC[C@H](CNC(=O)N2CC(c3nc4ccccc4[nH]3)C2)C1. The molecule has 0 radical (unpaired) electrons. The molecule has 7 nitrogen and oxygen atoms in total. The highest BCUT2D eigenvalue weighted by Gasteiger charge is 2.34. The molecule has 0 bridgehead atoms. The Bertz CT molecular complexity index is 738. The normalized spacial score (nSPS) is 21.4. The average Bonchev–Trinajstić information content (AvgIpc) is 3.07. The van der Waals surface area contributed by atoms with Crippen LogP contribution in [0.5, 0.6) is 0 Å². The van der Waals surface area contributed by atoms with Gasteiger partial charge in [0.2, 0.25) is 0 Å². The van der Waals surface area contributed by atoms with E-state index in [9.17, 15) is 4.79 Å². The number of aromatic nitrogens is 2. The Balaban J connectivity index is 1.21. The molecule has 0 saturated carbocycles. The third-order valence-electron chi connectivity index (χ3n) is 5.72. The van der Waals surface area contributed by atoms with Crippen molar-refractivity contribution in [1.29, 1.82) is 0 Å². The van der Waals surface area contributed by atoms with Gasteiger partial charge in [0.1, 0.15) is 5.82 Å². The van der Waals surface area contributed by atoms with Crippen LogP contribution in [-0.2, 0) is 4.74 Å². The van der Waals surface area contributed by atoms with Gasteiger partial charge < -0.3 is 24.8 Å². The van der Waals surface area contributed by atoms with Crippen LogP contribution >= 0.6 is 0 Å². The zero-order valence-corrected chi connectivity index (χ0v) is 16.0. The molecule has 1 aromatic carbocycles. The van der Waals surface area contributed by atoms with E-state index in [2.05, 4.69) is 20.2 Å². The fraction of sp³-hybridized carbons (Fsp3) is 0.600. The van der Waals surface area contributed by atoms with E-state index in [4.69, 9.17) is 4.74 Å². The summed E-state index contributed by atoms with van der Waals surface area (Å²) in [5.74, 6) is 1.83. The van der Waals surface area contributed by atoms with Crippen LogP contribution in [0.3, 0.4) is 0 Å². The largest absolute Gasteiger partial charge is 0.383 e. The summed E-state index contributed by atoms with van der Waals surface area (Å²) in [4.78, 5) is 24.8. The van der Waals surface area contributed by atoms with Crippen LogP contribution in [0.2, 0.25) is 0 Å². The molecular weight excluding hydrogens is 342 g/mol. The lowest BCUT2D eigenvalue weighted by Crippen LogP contribution is -2.54. The predicted molar refractivity (Wildman–Crippen MR) is 105 cm³/mol. The second-order valence-electron chi connectivity index (χ2n) is 7.73. The summed E-state index contributed by atoms with van der Waals surface area (Å²) in [5, 5.41) is 3.13. The van der Waals surface area contributed by atoms with Crippen LogP contribution in [0.1, 0.15) is 24.6 Å². The first-order chi connectivity index (χ1) is 13.2. The maximum absolute atomic E-state index is 12.4. The number of amides is 2. The van der Waals surface area contributed by atoms with Crippen LogP contribution in [0, 0.1) is 5.92 Å². The number of carbonyl (C=O) groups excluding carboxylic acids is 1. The van der Waals surface area contributed by atoms with E-state index in [-0.39, 0.29) is 6.03 Å². The van der Waals surface area contributed by atoms with Gasteiger partial charge in [-0.1, -0.05) is 12.1 Å². The molecule has 1 aromatic heterocycles. The number of H-pyrrole nitrogens is 1. The van der Waals surface area contributed by atoms with Crippen molar-refractivity contribution in [3.8, 4) is 0 Å². The van der Waals surface area contributed by atoms with Crippen molar-refractivity contribution in [2.24, 2.45) is 5.92 Å². The number of carbonyl (C=O) groups is 1. The van der Waals surface area contributed by atoms with Crippen molar-refractivity contribution in [3.63, 3.8) is 0 Å². The Morgan fingerprint density at radius 3 is 3.00 bits per heavy atom. The Morgan fingerprint density at radius 1 is 1.33 bits per heavy atom. The molecule has 4 rings (SSSR count). The van der Waals surface area contributed by atoms with Crippen LogP contribution in [0.4, 0.5) is 4.79 Å². The monoisotopic (exact) mass is 371 g/mol. The number of benzene rings is 1. The number of rotatable bonds is 6. The number of ether oxygens (including phenoxy) is 1. The number of hydrogen-bond donors (Lipinski definition) is 2. The van der Waals surface area contributed by atoms with E-state index in [1.807, 2.05) is 29.2 Å². The summed E-state index contributed by atoms with van der Waals surface area (Å²) in [6.07, 6.45) is 2.38. The van der Waals surface area contributed by atoms with E-state index in [0.717, 1.165) is 62.7 Å². The molecule has 2 fully saturated rings. The number of urea groups is 1. The minimum atomic E-state index is 0.0522. The van der Waals surface area contributed by atoms with E-state index in [1.54, 1.807) is 7.11 Å². The molecule has 3 heterocycles. The number of imidazole rings is 1. The number of nitrogens with zero attached hydrogens (tertiary/aromatic N) is 3. The number of piperidine rings is 1. The minimum absolute atomic E-state index is 0.0522. The summed E-state index contributed by atoms with van der Waals surface area (Å²) in [6.45, 7) is 6.16. The van der Waals surface area contributed by atoms with Crippen molar-refractivity contribution in [3.05, 3.63) is 30.1 Å². The van der Waals surface area contributed by atoms with Gasteiger partial charge in [-0.15, -0.1) is 0 Å². The molecular formula is C20H29N5O2. The van der Waals surface area contributed by atoms with Gasteiger partial charge >= 0.3 is 6.03 Å². The van der Waals surface area contributed by atoms with Crippen LogP contribution in [0.25, 0.3) is 11.0 Å². The van der Waals surface area contributed by atoms with Crippen LogP contribution in [-0.4, -0.2) is 78.8 Å². The first kappa shape index (κ1) is 18.3. The molecule has 7 heteroatoms. The lowest BCUT2D eigenvalue weighted by atomic mass is 9.97. The number of hydrogen-bond acceptors (Lipinski definition) is 4. The number of likely N-dealkylation sites (tertiary alicyclic amines) is 2. The molecule has 0 spiro atoms. The fourth-order valence-electron chi connectivity index (χ4n) is 4.07.